The van der Waals surface area contributed by atoms with E-state index in [1.165, 1.54) is 5.56 Å². The molecule has 1 aliphatic heterocycles. The molecule has 0 atom stereocenters. The van der Waals surface area contributed by atoms with Crippen LogP contribution in [-0.2, 0) is 20.6 Å². The summed E-state index contributed by atoms with van der Waals surface area (Å²) in [7, 11) is 0. The Balaban J connectivity index is 2.05. The summed E-state index contributed by atoms with van der Waals surface area (Å²) >= 11 is 3.46. The fraction of sp³-hybridized carbons (Fsp3) is 0.250. The van der Waals surface area contributed by atoms with E-state index in [-0.39, 0.29) is 0 Å². The van der Waals surface area contributed by atoms with E-state index in [4.69, 9.17) is 9.47 Å². The summed E-state index contributed by atoms with van der Waals surface area (Å²) in [6.45, 7) is 1.24. The molecule has 2 aromatic carbocycles. The second kappa shape index (κ2) is 5.45. The summed E-state index contributed by atoms with van der Waals surface area (Å²) in [6, 6.07) is 18.5. The van der Waals surface area contributed by atoms with Crippen molar-refractivity contribution in [3.63, 3.8) is 0 Å². The average molecular weight is 319 g/mol. The van der Waals surface area contributed by atoms with E-state index in [0.717, 1.165) is 16.5 Å². The Kier molecular flexibility index (Phi) is 3.69. The summed E-state index contributed by atoms with van der Waals surface area (Å²) in [5, 5.41) is 0.854. The average Bonchev–Trinajstić information content (AvgIpc) is 2.99. The lowest BCUT2D eigenvalue weighted by molar-refractivity contribution is -0.129. The molecule has 3 rings (SSSR count). The third kappa shape index (κ3) is 2.34. The Morgan fingerprint density at radius 3 is 2.00 bits per heavy atom. The van der Waals surface area contributed by atoms with Crippen molar-refractivity contribution in [2.24, 2.45) is 0 Å². The standard InChI is InChI=1S/C16H15BrO2/c17-12-13-6-8-15(9-7-13)16(18-10-11-19-16)14-4-2-1-3-5-14/h1-9H,10-12H2. The molecule has 1 aliphatic rings. The van der Waals surface area contributed by atoms with Crippen LogP contribution in [0.4, 0.5) is 0 Å². The van der Waals surface area contributed by atoms with E-state index in [1.54, 1.807) is 0 Å². The third-order valence-corrected chi connectivity index (χ3v) is 3.98. The van der Waals surface area contributed by atoms with Crippen molar-refractivity contribution >= 4 is 15.9 Å². The maximum atomic E-state index is 5.95. The molecule has 0 aromatic heterocycles. The lowest BCUT2D eigenvalue weighted by Gasteiger charge is -2.28. The van der Waals surface area contributed by atoms with Crippen LogP contribution in [0.1, 0.15) is 16.7 Å². The van der Waals surface area contributed by atoms with Crippen LogP contribution in [0.25, 0.3) is 0 Å². The second-order valence-corrected chi connectivity index (χ2v) is 5.07. The number of halogens is 1. The van der Waals surface area contributed by atoms with Crippen molar-refractivity contribution in [1.29, 1.82) is 0 Å². The molecule has 2 nitrogen and oxygen atoms in total. The molecule has 1 heterocycles. The first kappa shape index (κ1) is 12.9. The predicted octanol–water partition coefficient (Wildman–Crippen LogP) is 3.83. The molecular formula is C16H15BrO2. The van der Waals surface area contributed by atoms with Crippen LogP contribution in [0.15, 0.2) is 54.6 Å². The Morgan fingerprint density at radius 2 is 1.42 bits per heavy atom. The Hall–Kier alpha value is -1.16. The van der Waals surface area contributed by atoms with Gasteiger partial charge in [-0.3, -0.25) is 0 Å². The van der Waals surface area contributed by atoms with E-state index < -0.39 is 5.79 Å². The Bertz CT molecular complexity index is 530. The van der Waals surface area contributed by atoms with Gasteiger partial charge in [-0.25, -0.2) is 0 Å². The maximum absolute atomic E-state index is 5.95. The number of ether oxygens (including phenoxy) is 2. The van der Waals surface area contributed by atoms with Crippen LogP contribution >= 0.6 is 15.9 Å². The normalized spacial score (nSPS) is 17.5. The molecule has 0 saturated carbocycles. The first-order valence-corrected chi connectivity index (χ1v) is 7.46. The smallest absolute Gasteiger partial charge is 0.222 e. The first-order valence-electron chi connectivity index (χ1n) is 6.34. The van der Waals surface area contributed by atoms with E-state index >= 15 is 0 Å². The van der Waals surface area contributed by atoms with Gasteiger partial charge in [-0.15, -0.1) is 0 Å². The van der Waals surface area contributed by atoms with Gasteiger partial charge in [0.1, 0.15) is 0 Å². The van der Waals surface area contributed by atoms with Gasteiger partial charge >= 0.3 is 0 Å². The highest BCUT2D eigenvalue weighted by molar-refractivity contribution is 9.08. The van der Waals surface area contributed by atoms with E-state index in [1.807, 2.05) is 30.3 Å². The maximum Gasteiger partial charge on any atom is 0.222 e. The van der Waals surface area contributed by atoms with Gasteiger partial charge in [-0.05, 0) is 5.56 Å². The minimum Gasteiger partial charge on any atom is -0.340 e. The van der Waals surface area contributed by atoms with Crippen LogP contribution in [0.3, 0.4) is 0 Å². The van der Waals surface area contributed by atoms with Crippen LogP contribution in [0, 0.1) is 0 Å². The molecular weight excluding hydrogens is 304 g/mol. The van der Waals surface area contributed by atoms with Crippen molar-refractivity contribution in [2.75, 3.05) is 13.2 Å². The lowest BCUT2D eigenvalue weighted by Crippen LogP contribution is -2.28. The topological polar surface area (TPSA) is 18.5 Å². The second-order valence-electron chi connectivity index (χ2n) is 4.51. The molecule has 0 bridgehead atoms. The van der Waals surface area contributed by atoms with Gasteiger partial charge in [0.25, 0.3) is 0 Å². The summed E-state index contributed by atoms with van der Waals surface area (Å²) in [5.41, 5.74) is 3.32. The summed E-state index contributed by atoms with van der Waals surface area (Å²) < 4.78 is 11.9. The van der Waals surface area contributed by atoms with Gasteiger partial charge in [0.15, 0.2) is 0 Å². The Labute approximate surface area is 121 Å². The molecule has 0 unspecified atom stereocenters. The van der Waals surface area contributed by atoms with Gasteiger partial charge in [0.05, 0.1) is 13.2 Å². The number of hydrogen-bond donors (Lipinski definition) is 0. The molecule has 19 heavy (non-hydrogen) atoms. The van der Waals surface area contributed by atoms with Crippen molar-refractivity contribution in [3.05, 3.63) is 71.3 Å². The number of alkyl halides is 1. The van der Waals surface area contributed by atoms with Gasteiger partial charge in [-0.2, -0.15) is 0 Å². The molecule has 0 aliphatic carbocycles. The quantitative estimate of drug-likeness (QED) is 0.801. The van der Waals surface area contributed by atoms with E-state index in [2.05, 4.69) is 40.2 Å². The monoisotopic (exact) mass is 318 g/mol. The van der Waals surface area contributed by atoms with Gasteiger partial charge in [-0.1, -0.05) is 70.5 Å². The highest BCUT2D eigenvalue weighted by Crippen LogP contribution is 2.38. The molecule has 0 radical (unpaired) electrons. The SMILES string of the molecule is BrCc1ccc(C2(c3ccccc3)OCCO2)cc1. The first-order chi connectivity index (χ1) is 9.35. The lowest BCUT2D eigenvalue weighted by atomic mass is 9.96. The fourth-order valence-electron chi connectivity index (χ4n) is 2.38. The van der Waals surface area contributed by atoms with Crippen LogP contribution in [0.2, 0.25) is 0 Å². The molecule has 3 heteroatoms. The minimum atomic E-state index is -0.744. The number of hydrogen-bond acceptors (Lipinski definition) is 2. The van der Waals surface area contributed by atoms with Gasteiger partial charge < -0.3 is 9.47 Å². The third-order valence-electron chi connectivity index (χ3n) is 3.34. The molecule has 1 saturated heterocycles. The highest BCUT2D eigenvalue weighted by atomic mass is 79.9. The minimum absolute atomic E-state index is 0.620. The van der Waals surface area contributed by atoms with Crippen LogP contribution < -0.4 is 0 Å². The highest BCUT2D eigenvalue weighted by Gasteiger charge is 2.40. The van der Waals surface area contributed by atoms with E-state index in [0.29, 0.717) is 13.2 Å². The van der Waals surface area contributed by atoms with Gasteiger partial charge in [0.2, 0.25) is 5.79 Å². The summed E-state index contributed by atoms with van der Waals surface area (Å²) in [5.74, 6) is -0.744. The fourth-order valence-corrected chi connectivity index (χ4v) is 2.76. The van der Waals surface area contributed by atoms with Crippen molar-refractivity contribution < 1.29 is 9.47 Å². The zero-order valence-electron chi connectivity index (χ0n) is 10.5. The zero-order chi connectivity index (χ0) is 13.1. The van der Waals surface area contributed by atoms with E-state index in [9.17, 15) is 0 Å². The summed E-state index contributed by atoms with van der Waals surface area (Å²) in [4.78, 5) is 0. The van der Waals surface area contributed by atoms with Crippen LogP contribution in [-0.4, -0.2) is 13.2 Å². The molecule has 98 valence electrons. The zero-order valence-corrected chi connectivity index (χ0v) is 12.1. The van der Waals surface area contributed by atoms with Crippen molar-refractivity contribution in [3.8, 4) is 0 Å². The van der Waals surface area contributed by atoms with Crippen LogP contribution in [0.5, 0.6) is 0 Å². The molecule has 0 spiro atoms. The van der Waals surface area contributed by atoms with Crippen molar-refractivity contribution in [2.45, 2.75) is 11.1 Å². The van der Waals surface area contributed by atoms with Gasteiger partial charge in [0, 0.05) is 16.5 Å². The predicted molar refractivity (Wildman–Crippen MR) is 78.2 cm³/mol. The Morgan fingerprint density at radius 1 is 0.842 bits per heavy atom. The largest absolute Gasteiger partial charge is 0.340 e. The number of benzene rings is 2. The molecule has 2 aromatic rings. The number of rotatable bonds is 3. The van der Waals surface area contributed by atoms with Crippen molar-refractivity contribution in [1.82, 2.24) is 0 Å². The molecule has 1 fully saturated rings. The molecule has 0 N–H and O–H groups in total. The molecule has 0 amide bonds. The summed E-state index contributed by atoms with van der Waals surface area (Å²) in [6.07, 6.45) is 0.